The van der Waals surface area contributed by atoms with Gasteiger partial charge in [-0.25, -0.2) is 0 Å². The van der Waals surface area contributed by atoms with Crippen LogP contribution >= 0.6 is 11.3 Å². The van der Waals surface area contributed by atoms with Crippen molar-refractivity contribution in [3.05, 3.63) is 21.9 Å². The summed E-state index contributed by atoms with van der Waals surface area (Å²) in [4.78, 5) is 29.2. The molecule has 0 fully saturated rings. The van der Waals surface area contributed by atoms with Gasteiger partial charge in [-0.1, -0.05) is 6.92 Å². The molecule has 5 heteroatoms. The highest BCUT2D eigenvalue weighted by molar-refractivity contribution is 7.14. The van der Waals surface area contributed by atoms with Gasteiger partial charge < -0.3 is 4.90 Å². The molecule has 1 amide bonds. The number of aryl methyl sites for hydroxylation is 1. The fourth-order valence-corrected chi connectivity index (χ4v) is 2.53. The van der Waals surface area contributed by atoms with E-state index in [2.05, 4.69) is 0 Å². The molecule has 0 saturated heterocycles. The van der Waals surface area contributed by atoms with Crippen LogP contribution in [-0.2, 0) is 4.79 Å². The summed E-state index contributed by atoms with van der Waals surface area (Å²) in [6, 6.07) is 3.81. The largest absolute Gasteiger partial charge is 0.348 e. The Morgan fingerprint density at radius 1 is 1.21 bits per heavy atom. The Morgan fingerprint density at radius 2 is 1.89 bits per heavy atom. The predicted octanol–water partition coefficient (Wildman–Crippen LogP) is 2.04. The van der Waals surface area contributed by atoms with Crippen LogP contribution in [0.1, 0.15) is 27.9 Å². The lowest BCUT2D eigenvalue weighted by Gasteiger charge is -2.21. The Labute approximate surface area is 119 Å². The Morgan fingerprint density at radius 3 is 2.37 bits per heavy atom. The molecule has 0 aliphatic carbocycles. The highest BCUT2D eigenvalue weighted by Gasteiger charge is 2.17. The Hall–Kier alpha value is -1.20. The summed E-state index contributed by atoms with van der Waals surface area (Å²) in [7, 11) is 3.47. The van der Waals surface area contributed by atoms with Gasteiger partial charge >= 0.3 is 0 Å². The van der Waals surface area contributed by atoms with Gasteiger partial charge in [-0.05, 0) is 32.0 Å². The third kappa shape index (κ3) is 5.12. The molecule has 1 heterocycles. The SMILES string of the molecule is CCCN(CC(=O)c1ccc(C)s1)CC(=O)N(C)C. The van der Waals surface area contributed by atoms with Gasteiger partial charge in [0.05, 0.1) is 18.0 Å². The lowest BCUT2D eigenvalue weighted by Crippen LogP contribution is -2.39. The van der Waals surface area contributed by atoms with Crippen LogP contribution in [0.25, 0.3) is 0 Å². The summed E-state index contributed by atoms with van der Waals surface area (Å²) in [6.07, 6.45) is 0.928. The monoisotopic (exact) mass is 282 g/mol. The first-order valence-electron chi connectivity index (χ1n) is 6.46. The minimum absolute atomic E-state index is 0.0311. The molecule has 0 aromatic carbocycles. The molecule has 0 N–H and O–H groups in total. The first-order chi connectivity index (χ1) is 8.93. The van der Waals surface area contributed by atoms with Gasteiger partial charge in [0.25, 0.3) is 0 Å². The molecule has 1 aromatic rings. The Bertz CT molecular complexity index is 440. The summed E-state index contributed by atoms with van der Waals surface area (Å²) in [5.41, 5.74) is 0. The van der Waals surface area contributed by atoms with Crippen molar-refractivity contribution < 1.29 is 9.59 Å². The molecule has 19 heavy (non-hydrogen) atoms. The second-order valence-corrected chi connectivity index (χ2v) is 6.12. The van der Waals surface area contributed by atoms with Gasteiger partial charge in [-0.2, -0.15) is 0 Å². The van der Waals surface area contributed by atoms with Crippen LogP contribution in [0.5, 0.6) is 0 Å². The maximum atomic E-state index is 12.1. The standard InChI is InChI=1S/C14H22N2O2S/c1-5-8-16(10-14(18)15(3)4)9-12(17)13-7-6-11(2)19-13/h6-7H,5,8-10H2,1-4H3. The second kappa shape index (κ2) is 7.40. The fourth-order valence-electron chi connectivity index (χ4n) is 1.73. The van der Waals surface area contributed by atoms with Crippen LogP contribution in [0, 0.1) is 6.92 Å². The van der Waals surface area contributed by atoms with Gasteiger partial charge in [0.15, 0.2) is 5.78 Å². The highest BCUT2D eigenvalue weighted by atomic mass is 32.1. The van der Waals surface area contributed by atoms with E-state index in [0.717, 1.165) is 22.7 Å². The number of carbonyl (C=O) groups excluding carboxylic acids is 2. The number of thiophene rings is 1. The van der Waals surface area contributed by atoms with Crippen LogP contribution in [0.15, 0.2) is 12.1 Å². The van der Waals surface area contributed by atoms with E-state index in [1.807, 2.05) is 30.9 Å². The molecular weight excluding hydrogens is 260 g/mol. The molecule has 0 aliphatic heterocycles. The van der Waals surface area contributed by atoms with Crippen molar-refractivity contribution in [3.63, 3.8) is 0 Å². The maximum absolute atomic E-state index is 12.1. The van der Waals surface area contributed by atoms with Crippen LogP contribution in [0.4, 0.5) is 0 Å². The summed E-state index contributed by atoms with van der Waals surface area (Å²) in [6.45, 7) is 5.41. The van der Waals surface area contributed by atoms with Crippen LogP contribution in [0.2, 0.25) is 0 Å². The van der Waals surface area contributed by atoms with Crippen LogP contribution in [-0.4, -0.2) is 55.2 Å². The first-order valence-corrected chi connectivity index (χ1v) is 7.27. The molecule has 106 valence electrons. The number of Topliss-reactive ketones (excluding diaryl/α,β-unsaturated/α-hetero) is 1. The van der Waals surface area contributed by atoms with Crippen molar-refractivity contribution in [2.24, 2.45) is 0 Å². The number of nitrogens with zero attached hydrogens (tertiary/aromatic N) is 2. The van der Waals surface area contributed by atoms with Crippen molar-refractivity contribution in [2.45, 2.75) is 20.3 Å². The number of ketones is 1. The molecule has 1 rings (SSSR count). The van der Waals surface area contributed by atoms with Gasteiger partial charge in [-0.3, -0.25) is 14.5 Å². The second-order valence-electron chi connectivity index (χ2n) is 4.83. The molecule has 0 unspecified atom stereocenters. The third-order valence-electron chi connectivity index (χ3n) is 2.78. The Balaban J connectivity index is 2.62. The molecule has 0 radical (unpaired) electrons. The van der Waals surface area contributed by atoms with Gasteiger partial charge in [0.1, 0.15) is 0 Å². The summed E-state index contributed by atoms with van der Waals surface area (Å²) < 4.78 is 0. The van der Waals surface area contributed by atoms with Crippen molar-refractivity contribution in [1.82, 2.24) is 9.80 Å². The Kier molecular flexibility index (Phi) is 6.18. The molecule has 0 spiro atoms. The van der Waals surface area contributed by atoms with Crippen molar-refractivity contribution in [2.75, 3.05) is 33.7 Å². The quantitative estimate of drug-likeness (QED) is 0.719. The van der Waals surface area contributed by atoms with Crippen LogP contribution in [0.3, 0.4) is 0 Å². The van der Waals surface area contributed by atoms with E-state index in [-0.39, 0.29) is 11.7 Å². The molecule has 0 aliphatic rings. The smallest absolute Gasteiger partial charge is 0.236 e. The van der Waals surface area contributed by atoms with E-state index < -0.39 is 0 Å². The fraction of sp³-hybridized carbons (Fsp3) is 0.571. The maximum Gasteiger partial charge on any atom is 0.236 e. The van der Waals surface area contributed by atoms with Crippen molar-refractivity contribution in [3.8, 4) is 0 Å². The van der Waals surface area contributed by atoms with E-state index in [1.54, 1.807) is 19.0 Å². The zero-order valence-corrected chi connectivity index (χ0v) is 12.9. The van der Waals surface area contributed by atoms with Crippen molar-refractivity contribution >= 4 is 23.0 Å². The number of hydrogen-bond acceptors (Lipinski definition) is 4. The van der Waals surface area contributed by atoms with Gasteiger partial charge in [-0.15, -0.1) is 11.3 Å². The van der Waals surface area contributed by atoms with E-state index >= 15 is 0 Å². The summed E-state index contributed by atoms with van der Waals surface area (Å²) in [5, 5.41) is 0. The van der Waals surface area contributed by atoms with E-state index in [9.17, 15) is 9.59 Å². The molecule has 0 bridgehead atoms. The molecule has 4 nitrogen and oxygen atoms in total. The third-order valence-corrected chi connectivity index (χ3v) is 3.82. The van der Waals surface area contributed by atoms with Crippen LogP contribution < -0.4 is 0 Å². The normalized spacial score (nSPS) is 10.8. The minimum atomic E-state index is 0.0311. The van der Waals surface area contributed by atoms with Gasteiger partial charge in [0.2, 0.25) is 5.91 Å². The highest BCUT2D eigenvalue weighted by Crippen LogP contribution is 2.16. The van der Waals surface area contributed by atoms with Gasteiger partial charge in [0, 0.05) is 19.0 Å². The predicted molar refractivity (Wildman–Crippen MR) is 78.8 cm³/mol. The zero-order chi connectivity index (χ0) is 14.4. The zero-order valence-electron chi connectivity index (χ0n) is 12.1. The van der Waals surface area contributed by atoms with E-state index in [1.165, 1.54) is 11.3 Å². The number of amides is 1. The number of rotatable bonds is 7. The average Bonchev–Trinajstić information content (AvgIpc) is 2.76. The lowest BCUT2D eigenvalue weighted by atomic mass is 10.2. The molecular formula is C14H22N2O2S. The van der Waals surface area contributed by atoms with E-state index in [0.29, 0.717) is 13.1 Å². The number of carbonyl (C=O) groups is 2. The topological polar surface area (TPSA) is 40.6 Å². The summed E-state index contributed by atoms with van der Waals surface area (Å²) >= 11 is 1.51. The minimum Gasteiger partial charge on any atom is -0.348 e. The first kappa shape index (κ1) is 15.9. The molecule has 1 aromatic heterocycles. The van der Waals surface area contributed by atoms with Crippen molar-refractivity contribution in [1.29, 1.82) is 0 Å². The summed E-state index contributed by atoms with van der Waals surface area (Å²) in [5.74, 6) is 0.127. The number of likely N-dealkylation sites (N-methyl/N-ethyl adjacent to an activating group) is 1. The average molecular weight is 282 g/mol. The lowest BCUT2D eigenvalue weighted by molar-refractivity contribution is -0.129. The number of hydrogen-bond donors (Lipinski definition) is 0. The molecule has 0 saturated carbocycles. The molecule has 0 atom stereocenters. The van der Waals surface area contributed by atoms with E-state index in [4.69, 9.17) is 0 Å².